The van der Waals surface area contributed by atoms with E-state index in [2.05, 4.69) is 26.1 Å². The number of amides is 2. The van der Waals surface area contributed by atoms with E-state index in [-0.39, 0.29) is 6.03 Å². The lowest BCUT2D eigenvalue weighted by Crippen LogP contribution is -2.50. The Labute approximate surface area is 121 Å². The minimum absolute atomic E-state index is 0.0423. The average molecular weight is 327 g/mol. The van der Waals surface area contributed by atoms with E-state index in [9.17, 15) is 4.79 Å². The van der Waals surface area contributed by atoms with Crippen molar-refractivity contribution in [3.63, 3.8) is 0 Å². The lowest BCUT2D eigenvalue weighted by molar-refractivity contribution is 0.149. The number of nitrogens with two attached hydrogens (primary N) is 1. The Morgan fingerprint density at radius 2 is 1.95 bits per heavy atom. The predicted octanol–water partition coefficient (Wildman–Crippen LogP) is 1.56. The molecule has 0 aliphatic carbocycles. The van der Waals surface area contributed by atoms with Gasteiger partial charge in [-0.3, -0.25) is 4.90 Å². The Morgan fingerprint density at radius 3 is 2.58 bits per heavy atom. The van der Waals surface area contributed by atoms with Gasteiger partial charge in [0, 0.05) is 43.7 Å². The first-order valence-electron chi connectivity index (χ1n) is 6.43. The number of carbonyl (C=O) groups is 1. The van der Waals surface area contributed by atoms with E-state index in [1.54, 1.807) is 0 Å². The lowest BCUT2D eigenvalue weighted by Gasteiger charge is -2.34. The summed E-state index contributed by atoms with van der Waals surface area (Å²) in [5, 5.41) is 2.92. The lowest BCUT2D eigenvalue weighted by atomic mass is 10.3. The molecule has 5 nitrogen and oxygen atoms in total. The van der Waals surface area contributed by atoms with Gasteiger partial charge in [-0.25, -0.2) is 4.79 Å². The van der Waals surface area contributed by atoms with Crippen molar-refractivity contribution in [2.45, 2.75) is 0 Å². The first-order chi connectivity index (χ1) is 9.20. The Balaban J connectivity index is 1.87. The topological polar surface area (TPSA) is 61.6 Å². The molecule has 0 aromatic heterocycles. The molecule has 19 heavy (non-hydrogen) atoms. The number of halogens is 1. The maximum absolute atomic E-state index is 12.1. The van der Waals surface area contributed by atoms with Gasteiger partial charge in [0.15, 0.2) is 0 Å². The normalized spacial score (nSPS) is 16.4. The fraction of sp³-hybridized carbons (Fsp3) is 0.462. The quantitative estimate of drug-likeness (QED) is 0.886. The molecular weight excluding hydrogens is 308 g/mol. The van der Waals surface area contributed by atoms with Crippen LogP contribution in [-0.2, 0) is 0 Å². The fourth-order valence-corrected chi connectivity index (χ4v) is 2.50. The molecule has 0 spiro atoms. The largest absolute Gasteiger partial charge is 0.329 e. The summed E-state index contributed by atoms with van der Waals surface area (Å²) in [5.74, 6) is 0. The summed E-state index contributed by atoms with van der Waals surface area (Å²) in [6, 6.07) is 7.58. The molecule has 1 heterocycles. The van der Waals surface area contributed by atoms with Crippen LogP contribution in [0.3, 0.4) is 0 Å². The van der Waals surface area contributed by atoms with Crippen LogP contribution in [0.15, 0.2) is 28.7 Å². The third-order valence-corrected chi connectivity index (χ3v) is 3.91. The number of piperazine rings is 1. The standard InChI is InChI=1S/C13H19BrN4O/c14-11-3-1-2-4-12(11)16-13(19)18-9-7-17(6-5-15)8-10-18/h1-4H,5-10,15H2,(H,16,19). The Morgan fingerprint density at radius 1 is 1.26 bits per heavy atom. The maximum atomic E-state index is 12.1. The zero-order valence-electron chi connectivity index (χ0n) is 10.8. The number of nitrogens with one attached hydrogen (secondary N) is 1. The van der Waals surface area contributed by atoms with E-state index in [1.807, 2.05) is 29.2 Å². The zero-order valence-corrected chi connectivity index (χ0v) is 12.4. The maximum Gasteiger partial charge on any atom is 0.321 e. The summed E-state index contributed by atoms with van der Waals surface area (Å²) >= 11 is 3.42. The fourth-order valence-electron chi connectivity index (χ4n) is 2.11. The SMILES string of the molecule is NCCN1CCN(C(=O)Nc2ccccc2Br)CC1. The van der Waals surface area contributed by atoms with Gasteiger partial charge in [-0.1, -0.05) is 12.1 Å². The molecule has 1 aromatic carbocycles. The van der Waals surface area contributed by atoms with Crippen molar-refractivity contribution in [1.29, 1.82) is 0 Å². The third-order valence-electron chi connectivity index (χ3n) is 3.22. The molecule has 2 rings (SSSR count). The van der Waals surface area contributed by atoms with Gasteiger partial charge in [-0.05, 0) is 28.1 Å². The van der Waals surface area contributed by atoms with Crippen molar-refractivity contribution in [3.8, 4) is 0 Å². The Kier molecular flexibility index (Phi) is 5.18. The van der Waals surface area contributed by atoms with Crippen LogP contribution >= 0.6 is 15.9 Å². The summed E-state index contributed by atoms with van der Waals surface area (Å²) in [6.07, 6.45) is 0. The number of nitrogens with zero attached hydrogens (tertiary/aromatic N) is 2. The molecule has 1 aliphatic heterocycles. The first-order valence-corrected chi connectivity index (χ1v) is 7.23. The molecule has 1 aromatic rings. The van der Waals surface area contributed by atoms with Gasteiger partial charge in [-0.2, -0.15) is 0 Å². The highest BCUT2D eigenvalue weighted by Crippen LogP contribution is 2.21. The van der Waals surface area contributed by atoms with Gasteiger partial charge in [0.1, 0.15) is 0 Å². The highest BCUT2D eigenvalue weighted by molar-refractivity contribution is 9.10. The van der Waals surface area contributed by atoms with E-state index in [0.29, 0.717) is 6.54 Å². The molecule has 0 atom stereocenters. The predicted molar refractivity (Wildman–Crippen MR) is 80.2 cm³/mol. The molecule has 0 unspecified atom stereocenters. The van der Waals surface area contributed by atoms with Crippen LogP contribution < -0.4 is 11.1 Å². The van der Waals surface area contributed by atoms with Gasteiger partial charge in [0.2, 0.25) is 0 Å². The number of rotatable bonds is 3. The molecule has 6 heteroatoms. The summed E-state index contributed by atoms with van der Waals surface area (Å²) in [6.45, 7) is 4.84. The van der Waals surface area contributed by atoms with Crippen molar-refractivity contribution >= 4 is 27.6 Å². The number of carbonyl (C=O) groups excluding carboxylic acids is 1. The molecule has 2 amide bonds. The van der Waals surface area contributed by atoms with Crippen LogP contribution in [0, 0.1) is 0 Å². The van der Waals surface area contributed by atoms with Crippen LogP contribution in [0.1, 0.15) is 0 Å². The molecular formula is C13H19BrN4O. The van der Waals surface area contributed by atoms with Gasteiger partial charge in [0.25, 0.3) is 0 Å². The number of urea groups is 1. The number of para-hydroxylation sites is 1. The van der Waals surface area contributed by atoms with Crippen LogP contribution in [0.25, 0.3) is 0 Å². The van der Waals surface area contributed by atoms with Crippen molar-refractivity contribution in [2.24, 2.45) is 5.73 Å². The van der Waals surface area contributed by atoms with Crippen molar-refractivity contribution in [2.75, 3.05) is 44.6 Å². The van der Waals surface area contributed by atoms with Crippen LogP contribution in [-0.4, -0.2) is 55.1 Å². The molecule has 0 saturated carbocycles. The van der Waals surface area contributed by atoms with E-state index in [0.717, 1.165) is 42.9 Å². The Hall–Kier alpha value is -1.11. The third kappa shape index (κ3) is 3.92. The van der Waals surface area contributed by atoms with Crippen molar-refractivity contribution < 1.29 is 4.79 Å². The monoisotopic (exact) mass is 326 g/mol. The number of benzene rings is 1. The average Bonchev–Trinajstić information content (AvgIpc) is 2.42. The summed E-state index contributed by atoms with van der Waals surface area (Å²) in [7, 11) is 0. The Bertz CT molecular complexity index is 432. The molecule has 0 bridgehead atoms. The van der Waals surface area contributed by atoms with Gasteiger partial charge in [-0.15, -0.1) is 0 Å². The highest BCUT2D eigenvalue weighted by atomic mass is 79.9. The number of hydrogen-bond donors (Lipinski definition) is 2. The van der Waals surface area contributed by atoms with Gasteiger partial charge < -0.3 is 16.0 Å². The minimum atomic E-state index is -0.0423. The first kappa shape index (κ1) is 14.3. The van der Waals surface area contributed by atoms with E-state index in [1.165, 1.54) is 0 Å². The molecule has 3 N–H and O–H groups in total. The zero-order chi connectivity index (χ0) is 13.7. The molecule has 1 aliphatic rings. The van der Waals surface area contributed by atoms with E-state index < -0.39 is 0 Å². The second-order valence-electron chi connectivity index (χ2n) is 4.53. The van der Waals surface area contributed by atoms with Crippen LogP contribution in [0.5, 0.6) is 0 Å². The molecule has 104 valence electrons. The van der Waals surface area contributed by atoms with E-state index in [4.69, 9.17) is 5.73 Å². The molecule has 1 fully saturated rings. The minimum Gasteiger partial charge on any atom is -0.329 e. The second-order valence-corrected chi connectivity index (χ2v) is 5.38. The van der Waals surface area contributed by atoms with Crippen LogP contribution in [0.4, 0.5) is 10.5 Å². The molecule has 0 radical (unpaired) electrons. The van der Waals surface area contributed by atoms with Gasteiger partial charge >= 0.3 is 6.03 Å². The number of hydrogen-bond acceptors (Lipinski definition) is 3. The number of anilines is 1. The van der Waals surface area contributed by atoms with Crippen LogP contribution in [0.2, 0.25) is 0 Å². The summed E-state index contributed by atoms with van der Waals surface area (Å²) < 4.78 is 0.894. The van der Waals surface area contributed by atoms with Gasteiger partial charge in [0.05, 0.1) is 5.69 Å². The molecule has 1 saturated heterocycles. The second kappa shape index (κ2) is 6.88. The summed E-state index contributed by atoms with van der Waals surface area (Å²) in [4.78, 5) is 16.3. The highest BCUT2D eigenvalue weighted by Gasteiger charge is 2.20. The smallest absolute Gasteiger partial charge is 0.321 e. The van der Waals surface area contributed by atoms with Crippen molar-refractivity contribution in [1.82, 2.24) is 9.80 Å². The summed E-state index contributed by atoms with van der Waals surface area (Å²) in [5.41, 5.74) is 6.34. The van der Waals surface area contributed by atoms with Crippen molar-refractivity contribution in [3.05, 3.63) is 28.7 Å². The van der Waals surface area contributed by atoms with E-state index >= 15 is 0 Å².